The quantitative estimate of drug-likeness (QED) is 0.148. The van der Waals surface area contributed by atoms with Gasteiger partial charge in [0.05, 0.1) is 23.6 Å². The van der Waals surface area contributed by atoms with Crippen LogP contribution >= 0.6 is 0 Å². The molecule has 0 saturated heterocycles. The van der Waals surface area contributed by atoms with Crippen molar-refractivity contribution in [2.75, 3.05) is 6.61 Å². The minimum absolute atomic E-state index is 0.0624. The number of carbonyl (C=O) groups excluding carboxylic acids is 1. The van der Waals surface area contributed by atoms with Gasteiger partial charge in [-0.25, -0.2) is 13.2 Å². The molecule has 38 heavy (non-hydrogen) atoms. The van der Waals surface area contributed by atoms with Crippen molar-refractivity contribution in [3.8, 4) is 5.69 Å². The van der Waals surface area contributed by atoms with E-state index in [9.17, 15) is 13.2 Å². The molecule has 1 heterocycles. The van der Waals surface area contributed by atoms with Crippen LogP contribution in [0.15, 0.2) is 59.3 Å². The summed E-state index contributed by atoms with van der Waals surface area (Å²) in [5.74, 6) is -0.531. The number of esters is 1. The molecule has 0 aliphatic rings. The van der Waals surface area contributed by atoms with Gasteiger partial charge < -0.3 is 9.16 Å². The first kappa shape index (κ1) is 31.6. The van der Waals surface area contributed by atoms with Crippen LogP contribution in [0.5, 0.6) is 0 Å². The Morgan fingerprint density at radius 1 is 1.13 bits per heavy atom. The van der Waals surface area contributed by atoms with Crippen molar-refractivity contribution in [3.05, 3.63) is 54.1 Å². The Labute approximate surface area is 228 Å². The molecule has 0 aliphatic carbocycles. The summed E-state index contributed by atoms with van der Waals surface area (Å²) in [6.45, 7) is 18.4. The molecule has 0 fully saturated rings. The van der Waals surface area contributed by atoms with Crippen LogP contribution in [0, 0.1) is 5.92 Å². The maximum Gasteiger partial charge on any atom is 0.330 e. The zero-order valence-corrected chi connectivity index (χ0v) is 25.8. The first-order valence-electron chi connectivity index (χ1n) is 12.9. The van der Waals surface area contributed by atoms with Crippen LogP contribution in [-0.4, -0.2) is 60.9 Å². The molecule has 1 aromatic heterocycles. The Balaban J connectivity index is 2.38. The van der Waals surface area contributed by atoms with E-state index in [1.165, 1.54) is 10.8 Å². The normalized spacial score (nSPS) is 15.9. The van der Waals surface area contributed by atoms with Crippen molar-refractivity contribution >= 4 is 24.1 Å². The Kier molecular flexibility index (Phi) is 10.8. The van der Waals surface area contributed by atoms with Crippen LogP contribution in [0.1, 0.15) is 54.9 Å². The van der Waals surface area contributed by atoms with Crippen LogP contribution in [0.4, 0.5) is 0 Å². The van der Waals surface area contributed by atoms with Gasteiger partial charge in [0.15, 0.2) is 8.32 Å². The molecule has 1 aromatic carbocycles. The monoisotopic (exact) mass is 562 g/mol. The summed E-state index contributed by atoms with van der Waals surface area (Å²) in [5, 5.41) is 10.4. The van der Waals surface area contributed by atoms with E-state index in [1.807, 2.05) is 26.0 Å². The zero-order chi connectivity index (χ0) is 28.7. The molecular formula is C27H42N4O5SSi. The fraction of sp³-hybridized carbons (Fsp3) is 0.556. The zero-order valence-electron chi connectivity index (χ0n) is 24.0. The Hall–Kier alpha value is -2.63. The molecular weight excluding hydrogens is 520 g/mol. The Morgan fingerprint density at radius 2 is 1.76 bits per heavy atom. The molecule has 0 bridgehead atoms. The summed E-state index contributed by atoms with van der Waals surface area (Å²) in [6, 6.07) is 8.94. The number of rotatable bonds is 12. The summed E-state index contributed by atoms with van der Waals surface area (Å²) in [4.78, 5) is 11.7. The third kappa shape index (κ3) is 8.18. The standard InChI is InChI=1S/C27H42N4O5SSi/c1-10-35-25(32)17-16-20(2)18-21(3)24(36-38(8,9)27(5,6)7)19-22(4)37(33,34)26-28-29-30-31(26)23-14-12-11-13-15-23/h11-18,21-22,24H,10,19H2,1-9H3/b17-16+,20-18+/t21-,22?,24-/m1/s1. The number of nitrogens with zero attached hydrogens (tertiary/aromatic N) is 4. The maximum absolute atomic E-state index is 13.7. The van der Waals surface area contributed by atoms with E-state index in [2.05, 4.69) is 49.4 Å². The van der Waals surface area contributed by atoms with Crippen LogP contribution in [-0.2, 0) is 23.8 Å². The lowest BCUT2D eigenvalue weighted by Crippen LogP contribution is -2.46. The lowest BCUT2D eigenvalue weighted by molar-refractivity contribution is -0.137. The van der Waals surface area contributed by atoms with Crippen molar-refractivity contribution in [2.45, 2.75) is 89.5 Å². The lowest BCUT2D eigenvalue weighted by atomic mass is 9.98. The third-order valence-corrected chi connectivity index (χ3v) is 13.4. The minimum atomic E-state index is -3.88. The highest BCUT2D eigenvalue weighted by atomic mass is 32.2. The van der Waals surface area contributed by atoms with E-state index >= 15 is 0 Å². The second kappa shape index (κ2) is 12.9. The predicted octanol–water partition coefficient (Wildman–Crippen LogP) is 5.31. The molecule has 0 saturated carbocycles. The Morgan fingerprint density at radius 3 is 2.34 bits per heavy atom. The molecule has 1 unspecified atom stereocenters. The average molecular weight is 563 g/mol. The maximum atomic E-state index is 13.7. The first-order chi connectivity index (χ1) is 17.6. The average Bonchev–Trinajstić information content (AvgIpc) is 3.33. The highest BCUT2D eigenvalue weighted by Gasteiger charge is 2.41. The number of hydrogen-bond acceptors (Lipinski definition) is 8. The Bertz CT molecular complexity index is 1230. The summed E-state index contributed by atoms with van der Waals surface area (Å²) in [5.41, 5.74) is 1.43. The van der Waals surface area contributed by atoms with Crippen LogP contribution < -0.4 is 0 Å². The lowest BCUT2D eigenvalue weighted by Gasteiger charge is -2.41. The number of ether oxygens (including phenoxy) is 1. The molecule has 0 amide bonds. The SMILES string of the molecule is CCOC(=O)/C=C/C(C)=C/[C@@H](C)[C@@H](CC(C)S(=O)(=O)c1nnnn1-c1ccccc1)O[Si](C)(C)C(C)(C)C. The fourth-order valence-corrected chi connectivity index (χ4v) is 6.37. The van der Waals surface area contributed by atoms with Crippen LogP contribution in [0.2, 0.25) is 18.1 Å². The number of benzene rings is 1. The first-order valence-corrected chi connectivity index (χ1v) is 17.3. The van der Waals surface area contributed by atoms with E-state index in [0.717, 1.165) is 5.57 Å². The molecule has 2 rings (SSSR count). The second-order valence-corrected chi connectivity index (χ2v) is 18.1. The fourth-order valence-electron chi connectivity index (χ4n) is 3.61. The van der Waals surface area contributed by atoms with E-state index < -0.39 is 29.4 Å². The van der Waals surface area contributed by atoms with E-state index in [-0.39, 0.29) is 28.6 Å². The predicted molar refractivity (Wildman–Crippen MR) is 151 cm³/mol. The number of sulfone groups is 1. The van der Waals surface area contributed by atoms with E-state index in [0.29, 0.717) is 12.3 Å². The molecule has 11 heteroatoms. The minimum Gasteiger partial charge on any atom is -0.463 e. The number of tetrazole rings is 1. The number of aromatic nitrogens is 4. The largest absolute Gasteiger partial charge is 0.463 e. The highest BCUT2D eigenvalue weighted by Crippen LogP contribution is 2.39. The molecule has 0 radical (unpaired) electrons. The van der Waals surface area contributed by atoms with Crippen LogP contribution in [0.25, 0.3) is 5.69 Å². The molecule has 210 valence electrons. The molecule has 2 aromatic rings. The summed E-state index contributed by atoms with van der Waals surface area (Å²) in [6.07, 6.45) is 4.96. The van der Waals surface area contributed by atoms with Gasteiger partial charge in [0, 0.05) is 6.08 Å². The van der Waals surface area contributed by atoms with Crippen molar-refractivity contribution in [2.24, 2.45) is 5.92 Å². The van der Waals surface area contributed by atoms with Gasteiger partial charge in [-0.3, -0.25) is 0 Å². The molecule has 3 atom stereocenters. The van der Waals surface area contributed by atoms with Crippen molar-refractivity contribution in [1.82, 2.24) is 20.2 Å². The van der Waals surface area contributed by atoms with Gasteiger partial charge in [0.1, 0.15) is 0 Å². The van der Waals surface area contributed by atoms with Crippen molar-refractivity contribution < 1.29 is 22.4 Å². The molecule has 0 aliphatic heterocycles. The van der Waals surface area contributed by atoms with E-state index in [4.69, 9.17) is 9.16 Å². The third-order valence-electron chi connectivity index (χ3n) is 6.92. The number of hydrogen-bond donors (Lipinski definition) is 0. The highest BCUT2D eigenvalue weighted by molar-refractivity contribution is 7.91. The van der Waals surface area contributed by atoms with Gasteiger partial charge in [0.2, 0.25) is 9.84 Å². The van der Waals surface area contributed by atoms with Gasteiger partial charge in [-0.05, 0) is 73.8 Å². The number of allylic oxidation sites excluding steroid dienone is 2. The topological polar surface area (TPSA) is 113 Å². The number of carbonyl (C=O) groups is 1. The van der Waals surface area contributed by atoms with Gasteiger partial charge >= 0.3 is 5.97 Å². The van der Waals surface area contributed by atoms with Crippen LogP contribution in [0.3, 0.4) is 0 Å². The summed E-state index contributed by atoms with van der Waals surface area (Å²) in [7, 11) is -6.13. The van der Waals surface area contributed by atoms with Gasteiger partial charge in [-0.2, -0.15) is 4.68 Å². The summed E-state index contributed by atoms with van der Waals surface area (Å²) < 4.78 is 40.4. The van der Waals surface area contributed by atoms with E-state index in [1.54, 1.807) is 44.2 Å². The smallest absolute Gasteiger partial charge is 0.330 e. The van der Waals surface area contributed by atoms with Crippen molar-refractivity contribution in [3.63, 3.8) is 0 Å². The molecule has 9 nitrogen and oxygen atoms in total. The van der Waals surface area contributed by atoms with Gasteiger partial charge in [0.25, 0.3) is 5.16 Å². The summed E-state index contributed by atoms with van der Waals surface area (Å²) >= 11 is 0. The molecule has 0 N–H and O–H groups in total. The van der Waals surface area contributed by atoms with Gasteiger partial charge in [-0.1, -0.05) is 68.7 Å². The van der Waals surface area contributed by atoms with Gasteiger partial charge in [-0.15, -0.1) is 0 Å². The van der Waals surface area contributed by atoms with Crippen molar-refractivity contribution in [1.29, 1.82) is 0 Å². The molecule has 0 spiro atoms. The number of para-hydroxylation sites is 1. The second-order valence-electron chi connectivity index (χ2n) is 11.1.